The largest absolute Gasteiger partial charge is 0.484 e. The van der Waals surface area contributed by atoms with E-state index in [0.717, 1.165) is 14.6 Å². The lowest BCUT2D eigenvalue weighted by atomic mass is 10.2. The maximum absolute atomic E-state index is 11.9. The molecule has 7 heteroatoms. The van der Waals surface area contributed by atoms with Crippen LogP contribution in [0.1, 0.15) is 20.7 Å². The lowest BCUT2D eigenvalue weighted by Crippen LogP contribution is -2.28. The third-order valence-corrected chi connectivity index (χ3v) is 5.72. The summed E-state index contributed by atoms with van der Waals surface area (Å²) in [7, 11) is 0. The van der Waals surface area contributed by atoms with E-state index in [1.807, 2.05) is 29.6 Å². The van der Waals surface area contributed by atoms with Crippen LogP contribution >= 0.6 is 34.3 Å². The van der Waals surface area contributed by atoms with E-state index >= 15 is 0 Å². The summed E-state index contributed by atoms with van der Waals surface area (Å²) in [4.78, 5) is 14.6. The minimum atomic E-state index is -0.609. The molecule has 0 saturated carbocycles. The number of aliphatic hydroxyl groups is 1. The van der Waals surface area contributed by atoms with Crippen molar-refractivity contribution >= 4 is 40.2 Å². The van der Waals surface area contributed by atoms with Crippen molar-refractivity contribution in [1.29, 1.82) is 0 Å². The molecule has 0 spiro atoms. The minimum absolute atomic E-state index is 0.0579. The van der Waals surface area contributed by atoms with E-state index < -0.39 is 6.10 Å². The van der Waals surface area contributed by atoms with Crippen molar-refractivity contribution in [2.45, 2.75) is 12.6 Å². The molecular formula is C18H16ClNO3S2. The number of carbonyl (C=O) groups excluding carboxylic acids is 1. The van der Waals surface area contributed by atoms with E-state index in [9.17, 15) is 9.90 Å². The van der Waals surface area contributed by atoms with Crippen molar-refractivity contribution in [3.05, 3.63) is 73.6 Å². The number of aliphatic hydroxyl groups excluding tert-OH is 1. The van der Waals surface area contributed by atoms with Gasteiger partial charge in [-0.2, -0.15) is 0 Å². The Balaban J connectivity index is 1.47. The number of hydrogen-bond donors (Lipinski definition) is 2. The van der Waals surface area contributed by atoms with Crippen LogP contribution in [0.5, 0.6) is 5.75 Å². The van der Waals surface area contributed by atoms with Gasteiger partial charge in [0.15, 0.2) is 6.61 Å². The molecule has 2 heterocycles. The van der Waals surface area contributed by atoms with Crippen molar-refractivity contribution in [2.24, 2.45) is 0 Å². The maximum Gasteiger partial charge on any atom is 0.258 e. The molecule has 130 valence electrons. The van der Waals surface area contributed by atoms with Gasteiger partial charge in [-0.15, -0.1) is 22.7 Å². The monoisotopic (exact) mass is 393 g/mol. The molecule has 2 N–H and O–H groups in total. The van der Waals surface area contributed by atoms with Crippen LogP contribution in [0.25, 0.3) is 0 Å². The van der Waals surface area contributed by atoms with Crippen molar-refractivity contribution in [3.63, 3.8) is 0 Å². The third kappa shape index (κ3) is 5.06. The Labute approximate surface area is 158 Å². The van der Waals surface area contributed by atoms with E-state index in [0.29, 0.717) is 17.3 Å². The number of carbonyl (C=O) groups is 1. The van der Waals surface area contributed by atoms with Crippen LogP contribution < -0.4 is 10.1 Å². The summed E-state index contributed by atoms with van der Waals surface area (Å²) < 4.78 is 5.40. The van der Waals surface area contributed by atoms with Crippen molar-refractivity contribution in [2.75, 3.05) is 6.61 Å². The van der Waals surface area contributed by atoms with Crippen LogP contribution in [0, 0.1) is 0 Å². The standard InChI is InChI=1S/C18H16ClNO3S2/c19-12-3-5-13(6-4-12)23-11-17(21)20-10-14-7-8-16(25-14)18(22)15-2-1-9-24-15/h1-9,18,22H,10-11H2,(H,20,21)/t18-/m1/s1. The molecule has 25 heavy (non-hydrogen) atoms. The van der Waals surface area contributed by atoms with Crippen LogP contribution in [-0.4, -0.2) is 17.6 Å². The van der Waals surface area contributed by atoms with Gasteiger partial charge in [0.1, 0.15) is 11.9 Å². The molecule has 0 bridgehead atoms. The molecule has 0 saturated heterocycles. The molecular weight excluding hydrogens is 378 g/mol. The van der Waals surface area contributed by atoms with Gasteiger partial charge in [-0.3, -0.25) is 4.79 Å². The minimum Gasteiger partial charge on any atom is -0.484 e. The summed E-state index contributed by atoms with van der Waals surface area (Å²) in [6, 6.07) is 14.5. The number of ether oxygens (including phenoxy) is 1. The number of thiophene rings is 2. The molecule has 2 aromatic heterocycles. The summed E-state index contributed by atoms with van der Waals surface area (Å²) in [5, 5.41) is 15.7. The van der Waals surface area contributed by atoms with Crippen LogP contribution in [0.4, 0.5) is 0 Å². The fraction of sp³-hybridized carbons (Fsp3) is 0.167. The molecule has 1 atom stereocenters. The molecule has 0 aliphatic carbocycles. The molecule has 0 unspecified atom stereocenters. The zero-order valence-corrected chi connectivity index (χ0v) is 15.5. The van der Waals surface area contributed by atoms with Crippen LogP contribution in [0.3, 0.4) is 0 Å². The van der Waals surface area contributed by atoms with Gasteiger partial charge in [0.25, 0.3) is 5.91 Å². The number of amides is 1. The van der Waals surface area contributed by atoms with Gasteiger partial charge in [0.05, 0.1) is 6.54 Å². The summed E-state index contributed by atoms with van der Waals surface area (Å²) >= 11 is 8.80. The van der Waals surface area contributed by atoms with E-state index in [1.54, 1.807) is 24.3 Å². The highest BCUT2D eigenvalue weighted by atomic mass is 35.5. The van der Waals surface area contributed by atoms with Gasteiger partial charge >= 0.3 is 0 Å². The van der Waals surface area contributed by atoms with Gasteiger partial charge < -0.3 is 15.2 Å². The molecule has 1 amide bonds. The number of rotatable bonds is 7. The number of nitrogens with one attached hydrogen (secondary N) is 1. The molecule has 1 aromatic carbocycles. The third-order valence-electron chi connectivity index (χ3n) is 3.41. The molecule has 0 aliphatic heterocycles. The average molecular weight is 394 g/mol. The Hall–Kier alpha value is -1.86. The predicted molar refractivity (Wildman–Crippen MR) is 101 cm³/mol. The molecule has 3 rings (SSSR count). The number of hydrogen-bond acceptors (Lipinski definition) is 5. The average Bonchev–Trinajstić information content (AvgIpc) is 3.30. The zero-order chi connectivity index (χ0) is 17.6. The van der Waals surface area contributed by atoms with Gasteiger partial charge in [-0.1, -0.05) is 17.7 Å². The second-order valence-corrected chi connectivity index (χ2v) is 7.86. The normalized spacial score (nSPS) is 11.9. The van der Waals surface area contributed by atoms with Gasteiger partial charge in [0, 0.05) is 19.7 Å². The highest BCUT2D eigenvalue weighted by molar-refractivity contribution is 7.12. The van der Waals surface area contributed by atoms with Gasteiger partial charge in [0.2, 0.25) is 0 Å². The smallest absolute Gasteiger partial charge is 0.258 e. The Kier molecular flexibility index (Phi) is 6.09. The Morgan fingerprint density at radius 3 is 2.68 bits per heavy atom. The second-order valence-electron chi connectivity index (χ2n) is 5.24. The second kappa shape index (κ2) is 8.49. The highest BCUT2D eigenvalue weighted by Crippen LogP contribution is 2.30. The van der Waals surface area contributed by atoms with Crippen molar-refractivity contribution < 1.29 is 14.6 Å². The van der Waals surface area contributed by atoms with E-state index in [-0.39, 0.29) is 12.5 Å². The summed E-state index contributed by atoms with van der Waals surface area (Å²) in [6.45, 7) is 0.350. The molecule has 3 aromatic rings. The first kappa shape index (κ1) is 17.9. The number of halogens is 1. The van der Waals surface area contributed by atoms with E-state index in [1.165, 1.54) is 22.7 Å². The van der Waals surface area contributed by atoms with Gasteiger partial charge in [-0.25, -0.2) is 0 Å². The summed E-state index contributed by atoms with van der Waals surface area (Å²) in [5.74, 6) is 0.390. The lowest BCUT2D eigenvalue weighted by Gasteiger charge is -2.07. The molecule has 0 fully saturated rings. The van der Waals surface area contributed by atoms with Gasteiger partial charge in [-0.05, 0) is 47.8 Å². The van der Waals surface area contributed by atoms with E-state index in [4.69, 9.17) is 16.3 Å². The Morgan fingerprint density at radius 2 is 1.96 bits per heavy atom. The topological polar surface area (TPSA) is 58.6 Å². The summed E-state index contributed by atoms with van der Waals surface area (Å²) in [5.41, 5.74) is 0. The van der Waals surface area contributed by atoms with Crippen LogP contribution in [0.15, 0.2) is 53.9 Å². The fourth-order valence-electron chi connectivity index (χ4n) is 2.14. The van der Waals surface area contributed by atoms with E-state index in [2.05, 4.69) is 5.32 Å². The quantitative estimate of drug-likeness (QED) is 0.631. The molecule has 0 aliphatic rings. The SMILES string of the molecule is O=C(COc1ccc(Cl)cc1)NCc1ccc([C@H](O)c2cccs2)s1. The lowest BCUT2D eigenvalue weighted by molar-refractivity contribution is -0.123. The molecule has 4 nitrogen and oxygen atoms in total. The first-order valence-corrected chi connectivity index (χ1v) is 9.64. The zero-order valence-electron chi connectivity index (χ0n) is 13.1. The van der Waals surface area contributed by atoms with Crippen LogP contribution in [0.2, 0.25) is 5.02 Å². The number of benzene rings is 1. The van der Waals surface area contributed by atoms with Crippen molar-refractivity contribution in [1.82, 2.24) is 5.32 Å². The summed E-state index contributed by atoms with van der Waals surface area (Å²) in [6.07, 6.45) is -0.609. The van der Waals surface area contributed by atoms with Crippen LogP contribution in [-0.2, 0) is 11.3 Å². The molecule has 0 radical (unpaired) electrons. The highest BCUT2D eigenvalue weighted by Gasteiger charge is 2.14. The first-order chi connectivity index (χ1) is 12.1. The Morgan fingerprint density at radius 1 is 1.16 bits per heavy atom. The fourth-order valence-corrected chi connectivity index (χ4v) is 4.03. The maximum atomic E-state index is 11.9. The van der Waals surface area contributed by atoms with Crippen molar-refractivity contribution in [3.8, 4) is 5.75 Å². The first-order valence-electron chi connectivity index (χ1n) is 7.57. The Bertz CT molecular complexity index is 815. The predicted octanol–water partition coefficient (Wildman–Crippen LogP) is 4.24.